The highest BCUT2D eigenvalue weighted by Crippen LogP contribution is 2.26. The van der Waals surface area contributed by atoms with Crippen molar-refractivity contribution in [3.8, 4) is 0 Å². The zero-order valence-electron chi connectivity index (χ0n) is 14.8. The molecule has 140 valence electrons. The summed E-state index contributed by atoms with van der Waals surface area (Å²) in [5.41, 5.74) is 2.18. The molecule has 0 saturated heterocycles. The van der Waals surface area contributed by atoms with Crippen molar-refractivity contribution in [1.29, 1.82) is 0 Å². The van der Waals surface area contributed by atoms with Crippen LogP contribution in [0.4, 0.5) is 5.69 Å². The molecule has 0 spiro atoms. The van der Waals surface area contributed by atoms with Crippen LogP contribution in [-0.4, -0.2) is 34.3 Å². The number of H-pyrrole nitrogens is 1. The lowest BCUT2D eigenvalue weighted by molar-refractivity contribution is -0.118. The summed E-state index contributed by atoms with van der Waals surface area (Å²) in [7, 11) is 1.73. The van der Waals surface area contributed by atoms with Crippen molar-refractivity contribution in [2.45, 2.75) is 19.4 Å². The number of carbonyl (C=O) groups excluding carboxylic acids is 2. The lowest BCUT2D eigenvalue weighted by atomic mass is 10.0. The third kappa shape index (κ3) is 4.35. The number of benzene rings is 1. The van der Waals surface area contributed by atoms with E-state index in [0.717, 1.165) is 11.3 Å². The van der Waals surface area contributed by atoms with Crippen LogP contribution in [0.2, 0.25) is 4.34 Å². The first kappa shape index (κ1) is 19.1. The number of hydrogen-bond donors (Lipinski definition) is 2. The Morgan fingerprint density at radius 3 is 2.56 bits per heavy atom. The Bertz CT molecular complexity index is 924. The molecule has 0 saturated carbocycles. The summed E-state index contributed by atoms with van der Waals surface area (Å²) in [6.45, 7) is 1.82. The summed E-state index contributed by atoms with van der Waals surface area (Å²) in [5.74, 6) is -0.221. The van der Waals surface area contributed by atoms with E-state index in [1.807, 2.05) is 31.2 Å². The maximum absolute atomic E-state index is 12.6. The second-order valence-electron chi connectivity index (χ2n) is 5.80. The van der Waals surface area contributed by atoms with Crippen molar-refractivity contribution in [1.82, 2.24) is 20.7 Å². The molecule has 0 aliphatic carbocycles. The molecule has 0 radical (unpaired) electrons. The minimum Gasteiger partial charge on any atom is -0.339 e. The molecule has 9 heteroatoms. The fourth-order valence-corrected chi connectivity index (χ4v) is 3.53. The van der Waals surface area contributed by atoms with E-state index in [0.29, 0.717) is 21.3 Å². The van der Waals surface area contributed by atoms with Crippen LogP contribution >= 0.6 is 22.9 Å². The maximum Gasteiger partial charge on any atom is 0.262 e. The van der Waals surface area contributed by atoms with Crippen molar-refractivity contribution >= 4 is 40.4 Å². The average Bonchev–Trinajstić information content (AvgIpc) is 3.36. The molecule has 0 aliphatic heterocycles. The largest absolute Gasteiger partial charge is 0.339 e. The van der Waals surface area contributed by atoms with Gasteiger partial charge in [0.1, 0.15) is 11.7 Å². The molecule has 1 unspecified atom stereocenters. The molecule has 2 heterocycles. The van der Waals surface area contributed by atoms with Gasteiger partial charge in [0, 0.05) is 19.2 Å². The van der Waals surface area contributed by atoms with Crippen LogP contribution in [0.5, 0.6) is 0 Å². The van der Waals surface area contributed by atoms with Gasteiger partial charge < -0.3 is 10.2 Å². The monoisotopic (exact) mass is 403 g/mol. The Labute approximate surface area is 165 Å². The van der Waals surface area contributed by atoms with E-state index in [4.69, 9.17) is 11.6 Å². The average molecular weight is 404 g/mol. The minimum atomic E-state index is -0.488. The van der Waals surface area contributed by atoms with Gasteiger partial charge in [-0.15, -0.1) is 11.3 Å². The van der Waals surface area contributed by atoms with Crippen LogP contribution in [0.3, 0.4) is 0 Å². The van der Waals surface area contributed by atoms with Crippen molar-refractivity contribution < 1.29 is 9.59 Å². The molecule has 0 bridgehead atoms. The highest BCUT2D eigenvalue weighted by molar-refractivity contribution is 7.18. The van der Waals surface area contributed by atoms with Gasteiger partial charge in [0.2, 0.25) is 5.91 Å². The number of amides is 2. The van der Waals surface area contributed by atoms with Crippen LogP contribution in [0.15, 0.2) is 42.6 Å². The standard InChI is InChI=1S/C18H18ClN5O2S/c1-3-16(25)24(2)12-6-4-11(5-7-12)17(13-10-20-23-22-13)21-18(26)14-8-9-15(19)27-14/h4-10,17H,3H2,1-2H3,(H,21,26)(H,20,22,23). The number of aromatic nitrogens is 3. The Kier molecular flexibility index (Phi) is 5.88. The number of aromatic amines is 1. The van der Waals surface area contributed by atoms with Crippen LogP contribution in [-0.2, 0) is 4.79 Å². The fourth-order valence-electron chi connectivity index (χ4n) is 2.59. The van der Waals surface area contributed by atoms with Gasteiger partial charge in [-0.2, -0.15) is 15.4 Å². The van der Waals surface area contributed by atoms with Crippen LogP contribution < -0.4 is 10.2 Å². The number of nitrogens with zero attached hydrogens (tertiary/aromatic N) is 3. The molecule has 1 atom stereocenters. The molecule has 2 amide bonds. The zero-order valence-corrected chi connectivity index (χ0v) is 16.3. The molecule has 0 fully saturated rings. The molecular weight excluding hydrogens is 386 g/mol. The topological polar surface area (TPSA) is 91.0 Å². The Hall–Kier alpha value is -2.71. The van der Waals surface area contributed by atoms with Gasteiger partial charge in [-0.3, -0.25) is 9.59 Å². The van der Waals surface area contributed by atoms with Crippen molar-refractivity contribution in [2.75, 3.05) is 11.9 Å². The van der Waals surface area contributed by atoms with Crippen LogP contribution in [0.25, 0.3) is 0 Å². The molecule has 0 aliphatic rings. The van der Waals surface area contributed by atoms with Gasteiger partial charge in [-0.1, -0.05) is 30.7 Å². The number of nitrogens with one attached hydrogen (secondary N) is 2. The van der Waals surface area contributed by atoms with E-state index in [9.17, 15) is 9.59 Å². The third-order valence-corrected chi connectivity index (χ3v) is 5.32. The molecule has 3 aromatic rings. The lowest BCUT2D eigenvalue weighted by Crippen LogP contribution is -2.29. The lowest BCUT2D eigenvalue weighted by Gasteiger charge is -2.20. The Balaban J connectivity index is 1.85. The predicted molar refractivity (Wildman–Crippen MR) is 105 cm³/mol. The maximum atomic E-state index is 12.6. The van der Waals surface area contributed by atoms with E-state index in [2.05, 4.69) is 20.7 Å². The summed E-state index contributed by atoms with van der Waals surface area (Å²) in [5, 5.41) is 13.5. The predicted octanol–water partition coefficient (Wildman–Crippen LogP) is 3.41. The molecule has 1 aromatic carbocycles. The van der Waals surface area contributed by atoms with E-state index in [1.165, 1.54) is 11.3 Å². The van der Waals surface area contributed by atoms with Crippen LogP contribution in [0.1, 0.15) is 40.3 Å². The Morgan fingerprint density at radius 1 is 1.26 bits per heavy atom. The summed E-state index contributed by atoms with van der Waals surface area (Å²) in [6, 6.07) is 10.3. The van der Waals surface area contributed by atoms with Gasteiger partial charge in [0.25, 0.3) is 5.91 Å². The number of rotatable bonds is 6. The van der Waals surface area contributed by atoms with Gasteiger partial charge in [0.15, 0.2) is 0 Å². The highest BCUT2D eigenvalue weighted by atomic mass is 35.5. The Morgan fingerprint density at radius 2 is 2.00 bits per heavy atom. The second-order valence-corrected chi connectivity index (χ2v) is 7.52. The molecule has 7 nitrogen and oxygen atoms in total. The summed E-state index contributed by atoms with van der Waals surface area (Å²) in [4.78, 5) is 26.5. The highest BCUT2D eigenvalue weighted by Gasteiger charge is 2.21. The van der Waals surface area contributed by atoms with Gasteiger partial charge in [-0.05, 0) is 29.8 Å². The van der Waals surface area contributed by atoms with Crippen molar-refractivity contribution in [2.24, 2.45) is 0 Å². The van der Waals surface area contributed by atoms with E-state index in [1.54, 1.807) is 30.3 Å². The number of halogens is 1. The normalized spacial score (nSPS) is 11.8. The number of hydrogen-bond acceptors (Lipinski definition) is 5. The number of thiophene rings is 1. The van der Waals surface area contributed by atoms with Crippen molar-refractivity contribution in [3.05, 3.63) is 63.1 Å². The SMILES string of the molecule is CCC(=O)N(C)c1ccc(C(NC(=O)c2ccc(Cl)s2)c2cn[nH]n2)cc1. The quantitative estimate of drug-likeness (QED) is 0.659. The first-order valence-corrected chi connectivity index (χ1v) is 9.47. The fraction of sp³-hybridized carbons (Fsp3) is 0.222. The number of carbonyl (C=O) groups is 2. The van der Waals surface area contributed by atoms with E-state index < -0.39 is 6.04 Å². The third-order valence-electron chi connectivity index (χ3n) is 4.09. The van der Waals surface area contributed by atoms with E-state index in [-0.39, 0.29) is 11.8 Å². The smallest absolute Gasteiger partial charge is 0.262 e. The second kappa shape index (κ2) is 8.32. The molecule has 2 aromatic heterocycles. The van der Waals surface area contributed by atoms with Gasteiger partial charge >= 0.3 is 0 Å². The first-order valence-electron chi connectivity index (χ1n) is 8.28. The minimum absolute atomic E-state index is 0.0266. The molecule has 3 rings (SSSR count). The van der Waals surface area contributed by atoms with Gasteiger partial charge in [-0.25, -0.2) is 0 Å². The molecular formula is C18H18ClN5O2S. The number of anilines is 1. The van der Waals surface area contributed by atoms with Crippen molar-refractivity contribution in [3.63, 3.8) is 0 Å². The summed E-state index contributed by atoms with van der Waals surface area (Å²) in [6.07, 6.45) is 1.99. The summed E-state index contributed by atoms with van der Waals surface area (Å²) < 4.78 is 0.547. The van der Waals surface area contributed by atoms with Crippen LogP contribution in [0, 0.1) is 0 Å². The first-order chi connectivity index (χ1) is 13.0. The summed E-state index contributed by atoms with van der Waals surface area (Å²) >= 11 is 7.13. The zero-order chi connectivity index (χ0) is 19.4. The molecule has 2 N–H and O–H groups in total. The van der Waals surface area contributed by atoms with Gasteiger partial charge in [0.05, 0.1) is 15.4 Å². The van der Waals surface area contributed by atoms with E-state index >= 15 is 0 Å². The molecule has 27 heavy (non-hydrogen) atoms.